The van der Waals surface area contributed by atoms with Crippen LogP contribution in [-0.2, 0) is 15.8 Å². The van der Waals surface area contributed by atoms with Gasteiger partial charge in [0, 0.05) is 28.1 Å². The number of hydrogen-bond acceptors (Lipinski definition) is 4. The summed E-state index contributed by atoms with van der Waals surface area (Å²) in [7, 11) is -2.16. The summed E-state index contributed by atoms with van der Waals surface area (Å²) in [5.41, 5.74) is 0.848. The Hall–Kier alpha value is -0.630. The van der Waals surface area contributed by atoms with Crippen LogP contribution in [0.1, 0.15) is 5.56 Å². The van der Waals surface area contributed by atoms with Crippen LogP contribution in [0.2, 0.25) is 15.1 Å². The fourth-order valence-corrected chi connectivity index (χ4v) is 5.09. The van der Waals surface area contributed by atoms with Crippen molar-refractivity contribution in [3.8, 4) is 5.75 Å². The van der Waals surface area contributed by atoms with Crippen molar-refractivity contribution in [2.75, 3.05) is 19.4 Å². The number of sulfonamides is 1. The first-order valence-electron chi connectivity index (χ1n) is 7.19. The topological polar surface area (TPSA) is 55.4 Å². The Labute approximate surface area is 166 Å². The molecule has 4 nitrogen and oxygen atoms in total. The van der Waals surface area contributed by atoms with Gasteiger partial charge in [0.1, 0.15) is 5.75 Å². The summed E-state index contributed by atoms with van der Waals surface area (Å²) >= 11 is 19.7. The van der Waals surface area contributed by atoms with Crippen LogP contribution in [-0.4, -0.2) is 27.8 Å². The SMILES string of the molecule is COc1ccc(S(=O)(=O)NCCSCc2c(Cl)cccc2Cl)cc1Cl. The lowest BCUT2D eigenvalue weighted by molar-refractivity contribution is 0.414. The number of benzene rings is 2. The molecule has 25 heavy (non-hydrogen) atoms. The normalized spacial score (nSPS) is 11.5. The number of ether oxygens (including phenoxy) is 1. The molecular weight excluding hydrogens is 425 g/mol. The Kier molecular flexibility index (Phi) is 7.73. The highest BCUT2D eigenvalue weighted by atomic mass is 35.5. The third-order valence-corrected chi connectivity index (χ3v) is 6.73. The molecule has 0 heterocycles. The van der Waals surface area contributed by atoms with E-state index in [-0.39, 0.29) is 16.5 Å². The van der Waals surface area contributed by atoms with E-state index in [0.717, 1.165) is 5.56 Å². The van der Waals surface area contributed by atoms with Crippen molar-refractivity contribution in [2.24, 2.45) is 0 Å². The second-order valence-electron chi connectivity index (χ2n) is 4.95. The van der Waals surface area contributed by atoms with Gasteiger partial charge in [-0.05, 0) is 35.9 Å². The van der Waals surface area contributed by atoms with Crippen molar-refractivity contribution in [3.63, 3.8) is 0 Å². The Morgan fingerprint density at radius 1 is 1.08 bits per heavy atom. The van der Waals surface area contributed by atoms with Gasteiger partial charge in [-0.25, -0.2) is 13.1 Å². The zero-order chi connectivity index (χ0) is 18.4. The first-order valence-corrected chi connectivity index (χ1v) is 11.0. The van der Waals surface area contributed by atoms with Crippen LogP contribution in [0, 0.1) is 0 Å². The van der Waals surface area contributed by atoms with Gasteiger partial charge in [0.2, 0.25) is 10.0 Å². The van der Waals surface area contributed by atoms with Crippen molar-refractivity contribution in [2.45, 2.75) is 10.6 Å². The van der Waals surface area contributed by atoms with Crippen LogP contribution < -0.4 is 9.46 Å². The lowest BCUT2D eigenvalue weighted by Crippen LogP contribution is -2.26. The summed E-state index contributed by atoms with van der Waals surface area (Å²) in [6.07, 6.45) is 0. The number of halogens is 3. The predicted molar refractivity (Wildman–Crippen MR) is 106 cm³/mol. The molecule has 0 bridgehead atoms. The van der Waals surface area contributed by atoms with Gasteiger partial charge in [0.15, 0.2) is 0 Å². The highest BCUT2D eigenvalue weighted by molar-refractivity contribution is 7.98. The van der Waals surface area contributed by atoms with Gasteiger partial charge in [-0.1, -0.05) is 40.9 Å². The van der Waals surface area contributed by atoms with Gasteiger partial charge in [-0.15, -0.1) is 0 Å². The van der Waals surface area contributed by atoms with Crippen LogP contribution in [0.5, 0.6) is 5.75 Å². The molecule has 0 fully saturated rings. The molecule has 2 rings (SSSR count). The third kappa shape index (κ3) is 5.67. The van der Waals surface area contributed by atoms with E-state index in [1.54, 1.807) is 18.2 Å². The third-order valence-electron chi connectivity index (χ3n) is 3.28. The number of hydrogen-bond donors (Lipinski definition) is 1. The van der Waals surface area contributed by atoms with Gasteiger partial charge in [0.05, 0.1) is 17.0 Å². The Balaban J connectivity index is 1.87. The number of methoxy groups -OCH3 is 1. The quantitative estimate of drug-likeness (QED) is 0.595. The molecule has 0 radical (unpaired) electrons. The second kappa shape index (κ2) is 9.35. The van der Waals surface area contributed by atoms with Crippen LogP contribution in [0.15, 0.2) is 41.3 Å². The van der Waals surface area contributed by atoms with Gasteiger partial charge in [0.25, 0.3) is 0 Å². The maximum Gasteiger partial charge on any atom is 0.240 e. The van der Waals surface area contributed by atoms with E-state index in [0.29, 0.717) is 27.3 Å². The lowest BCUT2D eigenvalue weighted by Gasteiger charge is -2.09. The standard InChI is InChI=1S/C16H16Cl3NO3S2/c1-23-16-6-5-11(9-15(16)19)25(21,22)20-7-8-24-10-12-13(17)3-2-4-14(12)18/h2-6,9,20H,7-8,10H2,1H3. The Morgan fingerprint density at radius 3 is 2.36 bits per heavy atom. The molecule has 9 heteroatoms. The molecule has 0 aromatic heterocycles. The summed E-state index contributed by atoms with van der Waals surface area (Å²) in [5, 5.41) is 1.45. The molecule has 0 unspecified atom stereocenters. The molecule has 136 valence electrons. The van der Waals surface area contributed by atoms with Crippen molar-refractivity contribution in [1.82, 2.24) is 4.72 Å². The molecule has 1 N–H and O–H groups in total. The van der Waals surface area contributed by atoms with E-state index in [9.17, 15) is 8.42 Å². The van der Waals surface area contributed by atoms with E-state index in [2.05, 4.69) is 4.72 Å². The van der Waals surface area contributed by atoms with E-state index >= 15 is 0 Å². The van der Waals surface area contributed by atoms with Gasteiger partial charge in [-0.3, -0.25) is 0 Å². The van der Waals surface area contributed by atoms with Gasteiger partial charge in [-0.2, -0.15) is 11.8 Å². The summed E-state index contributed by atoms with van der Waals surface area (Å²) < 4.78 is 32.1. The fraction of sp³-hybridized carbons (Fsp3) is 0.250. The molecule has 0 spiro atoms. The minimum Gasteiger partial charge on any atom is -0.495 e. The largest absolute Gasteiger partial charge is 0.495 e. The maximum atomic E-state index is 12.3. The summed E-state index contributed by atoms with van der Waals surface area (Å²) in [5.74, 6) is 1.60. The first kappa shape index (κ1) is 20.7. The Bertz CT molecular complexity index is 824. The molecular formula is C16H16Cl3NO3S2. The van der Waals surface area contributed by atoms with E-state index in [1.165, 1.54) is 37.1 Å². The summed E-state index contributed by atoms with van der Waals surface area (Å²) in [6.45, 7) is 0.277. The number of nitrogens with one attached hydrogen (secondary N) is 1. The molecule has 0 amide bonds. The molecule has 2 aromatic rings. The highest BCUT2D eigenvalue weighted by Gasteiger charge is 2.15. The van der Waals surface area contributed by atoms with Crippen LogP contribution in [0.25, 0.3) is 0 Å². The molecule has 2 aromatic carbocycles. The average Bonchev–Trinajstić information content (AvgIpc) is 2.56. The predicted octanol–water partition coefficient (Wildman–Crippen LogP) is 4.87. The smallest absolute Gasteiger partial charge is 0.240 e. The van der Waals surface area contributed by atoms with Crippen LogP contribution in [0.4, 0.5) is 0 Å². The van der Waals surface area contributed by atoms with E-state index in [1.807, 2.05) is 0 Å². The first-order chi connectivity index (χ1) is 11.8. The van der Waals surface area contributed by atoms with Crippen molar-refractivity contribution < 1.29 is 13.2 Å². The van der Waals surface area contributed by atoms with Crippen molar-refractivity contribution in [1.29, 1.82) is 0 Å². The zero-order valence-corrected chi connectivity index (χ0v) is 17.2. The average molecular weight is 441 g/mol. The van der Waals surface area contributed by atoms with Crippen molar-refractivity contribution in [3.05, 3.63) is 57.0 Å². The minimum atomic E-state index is -3.62. The molecule has 0 atom stereocenters. The van der Waals surface area contributed by atoms with Gasteiger partial charge >= 0.3 is 0 Å². The summed E-state index contributed by atoms with van der Waals surface area (Å²) in [4.78, 5) is 0.0949. The minimum absolute atomic E-state index is 0.0949. The van der Waals surface area contributed by atoms with E-state index < -0.39 is 10.0 Å². The van der Waals surface area contributed by atoms with Crippen LogP contribution >= 0.6 is 46.6 Å². The summed E-state index contributed by atoms with van der Waals surface area (Å²) in [6, 6.07) is 9.67. The zero-order valence-electron chi connectivity index (χ0n) is 13.3. The maximum absolute atomic E-state index is 12.3. The molecule has 0 aliphatic carbocycles. The van der Waals surface area contributed by atoms with Crippen molar-refractivity contribution >= 4 is 56.6 Å². The molecule has 0 aliphatic heterocycles. The van der Waals surface area contributed by atoms with Gasteiger partial charge < -0.3 is 4.74 Å². The molecule has 0 aliphatic rings. The monoisotopic (exact) mass is 439 g/mol. The number of rotatable bonds is 8. The molecule has 0 saturated carbocycles. The molecule has 0 saturated heterocycles. The lowest BCUT2D eigenvalue weighted by atomic mass is 10.2. The Morgan fingerprint density at radius 2 is 1.76 bits per heavy atom. The second-order valence-corrected chi connectivity index (χ2v) is 9.04. The van der Waals surface area contributed by atoms with E-state index in [4.69, 9.17) is 39.5 Å². The fourth-order valence-electron chi connectivity index (χ4n) is 1.99. The highest BCUT2D eigenvalue weighted by Crippen LogP contribution is 2.28. The number of thioether (sulfide) groups is 1. The van der Waals surface area contributed by atoms with Crippen LogP contribution in [0.3, 0.4) is 0 Å².